The minimum Gasteiger partial charge on any atom is -0.497 e. The minimum atomic E-state index is 0.710. The maximum atomic E-state index is 6.21. The largest absolute Gasteiger partial charge is 0.497 e. The molecular weight excluding hydrogens is 322 g/mol. The molecule has 3 aromatic rings. The normalized spacial score (nSPS) is 10.8. The van der Waals surface area contributed by atoms with Gasteiger partial charge in [-0.2, -0.15) is 0 Å². The van der Waals surface area contributed by atoms with E-state index in [4.69, 9.17) is 20.8 Å². The highest BCUT2D eigenvalue weighted by molar-refractivity contribution is 6.33. The Labute approximate surface area is 147 Å². The van der Waals surface area contributed by atoms with Crippen LogP contribution in [0.3, 0.4) is 0 Å². The highest BCUT2D eigenvalue weighted by Gasteiger charge is 2.08. The first-order chi connectivity index (χ1) is 11.8. The Morgan fingerprint density at radius 3 is 2.54 bits per heavy atom. The van der Waals surface area contributed by atoms with Gasteiger partial charge in [0.1, 0.15) is 18.1 Å². The number of benzene rings is 2. The summed E-state index contributed by atoms with van der Waals surface area (Å²) in [4.78, 5) is 0. The van der Waals surface area contributed by atoms with E-state index < -0.39 is 0 Å². The van der Waals surface area contributed by atoms with Crippen molar-refractivity contribution in [2.24, 2.45) is 0 Å². The number of halogens is 1. The summed E-state index contributed by atoms with van der Waals surface area (Å²) in [5.41, 5.74) is 2.24. The lowest BCUT2D eigenvalue weighted by atomic mass is 10.1. The van der Waals surface area contributed by atoms with E-state index >= 15 is 0 Å². The summed E-state index contributed by atoms with van der Waals surface area (Å²) in [6, 6.07) is 19.9. The fourth-order valence-corrected chi connectivity index (χ4v) is 2.83. The third kappa shape index (κ3) is 4.19. The molecule has 0 bridgehead atoms. The van der Waals surface area contributed by atoms with Gasteiger partial charge in [-0.3, -0.25) is 0 Å². The van der Waals surface area contributed by atoms with E-state index in [1.54, 1.807) is 7.11 Å². The van der Waals surface area contributed by atoms with Gasteiger partial charge in [-0.15, -0.1) is 0 Å². The zero-order valence-corrected chi connectivity index (χ0v) is 14.4. The number of hydrogen-bond donors (Lipinski definition) is 1. The van der Waals surface area contributed by atoms with E-state index in [9.17, 15) is 0 Å². The number of ether oxygens (including phenoxy) is 1. The van der Waals surface area contributed by atoms with Crippen LogP contribution >= 0.6 is 11.6 Å². The van der Waals surface area contributed by atoms with Crippen LogP contribution in [0.25, 0.3) is 11.3 Å². The highest BCUT2D eigenvalue weighted by Crippen LogP contribution is 2.28. The molecule has 2 N–H and O–H groups in total. The van der Waals surface area contributed by atoms with Gasteiger partial charge in [0.15, 0.2) is 5.76 Å². The average molecular weight is 343 g/mol. The zero-order valence-electron chi connectivity index (χ0n) is 13.7. The molecule has 24 heavy (non-hydrogen) atoms. The molecule has 3 rings (SSSR count). The van der Waals surface area contributed by atoms with Crippen molar-refractivity contribution in [3.05, 3.63) is 77.0 Å². The molecule has 0 amide bonds. The summed E-state index contributed by atoms with van der Waals surface area (Å²) in [7, 11) is 1.68. The number of hydrogen-bond acceptors (Lipinski definition) is 2. The summed E-state index contributed by atoms with van der Waals surface area (Å²) < 4.78 is 11.1. The van der Waals surface area contributed by atoms with E-state index in [2.05, 4.69) is 17.4 Å². The molecule has 0 atom stereocenters. The number of furan rings is 1. The van der Waals surface area contributed by atoms with E-state index in [-0.39, 0.29) is 0 Å². The van der Waals surface area contributed by atoms with Crippen molar-refractivity contribution in [3.8, 4) is 17.1 Å². The van der Waals surface area contributed by atoms with Crippen molar-refractivity contribution in [2.75, 3.05) is 13.7 Å². The molecule has 1 aromatic heterocycles. The van der Waals surface area contributed by atoms with Crippen LogP contribution in [0.1, 0.15) is 11.3 Å². The maximum Gasteiger partial charge on any atom is 0.158 e. The Morgan fingerprint density at radius 1 is 1.00 bits per heavy atom. The van der Waals surface area contributed by atoms with Gasteiger partial charge < -0.3 is 14.5 Å². The van der Waals surface area contributed by atoms with E-state index in [1.807, 2.05) is 48.5 Å². The average Bonchev–Trinajstić information content (AvgIpc) is 3.08. The van der Waals surface area contributed by atoms with Gasteiger partial charge in [0.2, 0.25) is 0 Å². The van der Waals surface area contributed by atoms with Gasteiger partial charge in [-0.05, 0) is 42.0 Å². The first-order valence-electron chi connectivity index (χ1n) is 8.04. The predicted octanol–water partition coefficient (Wildman–Crippen LogP) is 3.91. The highest BCUT2D eigenvalue weighted by atomic mass is 35.5. The van der Waals surface area contributed by atoms with Gasteiger partial charge in [0.05, 0.1) is 18.7 Å². The molecule has 4 heteroatoms. The van der Waals surface area contributed by atoms with Gasteiger partial charge in [0.25, 0.3) is 0 Å². The number of nitrogens with two attached hydrogens (primary N) is 1. The molecule has 0 radical (unpaired) electrons. The van der Waals surface area contributed by atoms with Crippen LogP contribution in [0.15, 0.2) is 65.1 Å². The van der Waals surface area contributed by atoms with E-state index in [0.29, 0.717) is 5.02 Å². The maximum absolute atomic E-state index is 6.21. The van der Waals surface area contributed by atoms with Crippen LogP contribution in [-0.4, -0.2) is 13.7 Å². The lowest BCUT2D eigenvalue weighted by Gasteiger charge is -2.03. The molecule has 0 saturated carbocycles. The monoisotopic (exact) mass is 342 g/mol. The minimum absolute atomic E-state index is 0.710. The topological polar surface area (TPSA) is 39.0 Å². The first-order valence-corrected chi connectivity index (χ1v) is 8.42. The predicted molar refractivity (Wildman–Crippen MR) is 96.3 cm³/mol. The number of rotatable bonds is 7. The van der Waals surface area contributed by atoms with E-state index in [0.717, 1.165) is 42.3 Å². The number of methoxy groups -OCH3 is 1. The standard InChI is InChI=1S/C20H20ClNO2/c1-23-16-8-6-15(7-9-16)12-13-22-14-17-10-11-20(24-17)18-4-2-3-5-19(18)21/h2-11,22H,12-14H2,1H3/p+1. The Bertz CT molecular complexity index is 780. The molecule has 0 spiro atoms. The smallest absolute Gasteiger partial charge is 0.158 e. The molecule has 3 nitrogen and oxygen atoms in total. The van der Waals surface area contributed by atoms with Gasteiger partial charge in [-0.1, -0.05) is 35.9 Å². The summed E-state index contributed by atoms with van der Waals surface area (Å²) in [5.74, 6) is 2.67. The molecule has 0 fully saturated rings. The van der Waals surface area contributed by atoms with Gasteiger partial charge >= 0.3 is 0 Å². The first kappa shape index (κ1) is 16.6. The second-order valence-corrected chi connectivity index (χ2v) is 6.03. The van der Waals surface area contributed by atoms with Crippen LogP contribution in [0.5, 0.6) is 5.75 Å². The van der Waals surface area contributed by atoms with Crippen molar-refractivity contribution in [2.45, 2.75) is 13.0 Å². The van der Waals surface area contributed by atoms with Gasteiger partial charge in [0, 0.05) is 12.0 Å². The van der Waals surface area contributed by atoms with Gasteiger partial charge in [-0.25, -0.2) is 0 Å². The molecular formula is C20H21ClNO2+. The molecule has 0 aliphatic heterocycles. The fraction of sp³-hybridized carbons (Fsp3) is 0.200. The van der Waals surface area contributed by atoms with Crippen LogP contribution in [0, 0.1) is 0 Å². The SMILES string of the molecule is COc1ccc(CC[NH2+]Cc2ccc(-c3ccccc3Cl)o2)cc1. The van der Waals surface area contributed by atoms with Crippen molar-refractivity contribution in [1.29, 1.82) is 0 Å². The Morgan fingerprint density at radius 2 is 1.79 bits per heavy atom. The lowest BCUT2D eigenvalue weighted by molar-refractivity contribution is -0.671. The summed E-state index contributed by atoms with van der Waals surface area (Å²) in [5, 5.41) is 2.96. The van der Waals surface area contributed by atoms with Crippen molar-refractivity contribution < 1.29 is 14.5 Å². The summed E-state index contributed by atoms with van der Waals surface area (Å²) in [6.07, 6.45) is 1.02. The second kappa shape index (κ2) is 8.04. The quantitative estimate of drug-likeness (QED) is 0.661. The third-order valence-corrected chi connectivity index (χ3v) is 4.27. The molecule has 2 aromatic carbocycles. The Hall–Kier alpha value is -2.23. The molecule has 124 valence electrons. The summed E-state index contributed by atoms with van der Waals surface area (Å²) in [6.45, 7) is 1.83. The molecule has 0 aliphatic carbocycles. The Balaban J connectivity index is 1.50. The van der Waals surface area contributed by atoms with Crippen LogP contribution in [0.2, 0.25) is 5.02 Å². The third-order valence-electron chi connectivity index (χ3n) is 3.94. The van der Waals surface area contributed by atoms with Crippen molar-refractivity contribution >= 4 is 11.6 Å². The van der Waals surface area contributed by atoms with Crippen LogP contribution in [0.4, 0.5) is 0 Å². The number of quaternary nitrogens is 1. The molecule has 1 heterocycles. The zero-order chi connectivity index (χ0) is 16.8. The fourth-order valence-electron chi connectivity index (χ4n) is 2.60. The van der Waals surface area contributed by atoms with E-state index in [1.165, 1.54) is 5.56 Å². The van der Waals surface area contributed by atoms with Crippen molar-refractivity contribution in [1.82, 2.24) is 0 Å². The lowest BCUT2D eigenvalue weighted by Crippen LogP contribution is -2.83. The van der Waals surface area contributed by atoms with Crippen LogP contribution < -0.4 is 10.1 Å². The van der Waals surface area contributed by atoms with Crippen LogP contribution in [-0.2, 0) is 13.0 Å². The Kier molecular flexibility index (Phi) is 5.57. The molecule has 0 unspecified atom stereocenters. The molecule has 0 aliphatic rings. The summed E-state index contributed by atoms with van der Waals surface area (Å²) >= 11 is 6.21. The van der Waals surface area contributed by atoms with Crippen molar-refractivity contribution in [3.63, 3.8) is 0 Å². The molecule has 0 saturated heterocycles. The second-order valence-electron chi connectivity index (χ2n) is 5.63.